The van der Waals surface area contributed by atoms with Crippen molar-refractivity contribution in [2.45, 2.75) is 31.8 Å². The monoisotopic (exact) mass is 369 g/mol. The van der Waals surface area contributed by atoms with E-state index >= 15 is 0 Å². The summed E-state index contributed by atoms with van der Waals surface area (Å²) in [5.74, 6) is -0.0557. The number of hydrogen-bond acceptors (Lipinski definition) is 4. The third-order valence-corrected chi connectivity index (χ3v) is 4.43. The highest BCUT2D eigenvalue weighted by atomic mass is 79.9. The molecule has 0 aliphatic heterocycles. The molecule has 0 aliphatic carbocycles. The van der Waals surface area contributed by atoms with Gasteiger partial charge in [-0.25, -0.2) is 0 Å². The van der Waals surface area contributed by atoms with E-state index in [9.17, 15) is 4.79 Å². The van der Waals surface area contributed by atoms with Crippen LogP contribution in [0.25, 0.3) is 5.69 Å². The van der Waals surface area contributed by atoms with Gasteiger partial charge in [0.25, 0.3) is 0 Å². The van der Waals surface area contributed by atoms with Crippen molar-refractivity contribution in [2.24, 2.45) is 0 Å². The Balaban J connectivity index is 2.49. The minimum atomic E-state index is -0.866. The van der Waals surface area contributed by atoms with Crippen molar-refractivity contribution in [3.63, 3.8) is 0 Å². The zero-order chi connectivity index (χ0) is 15.4. The van der Waals surface area contributed by atoms with E-state index < -0.39 is 5.97 Å². The van der Waals surface area contributed by atoms with E-state index in [0.29, 0.717) is 5.16 Å². The van der Waals surface area contributed by atoms with Crippen molar-refractivity contribution >= 4 is 33.7 Å². The third-order valence-electron chi connectivity index (χ3n) is 2.84. The number of nitrogens with zero attached hydrogens (tertiary/aromatic N) is 3. The first-order chi connectivity index (χ1) is 10.0. The molecule has 0 atom stereocenters. The first kappa shape index (κ1) is 16.0. The van der Waals surface area contributed by atoms with E-state index in [2.05, 4.69) is 33.1 Å². The highest BCUT2D eigenvalue weighted by Crippen LogP contribution is 2.28. The average molecular weight is 370 g/mol. The van der Waals surface area contributed by atoms with Crippen LogP contribution in [0.2, 0.25) is 0 Å². The summed E-state index contributed by atoms with van der Waals surface area (Å²) >= 11 is 4.73. The molecule has 0 saturated carbocycles. The number of aliphatic carboxylic acids is 1. The summed E-state index contributed by atoms with van der Waals surface area (Å²) in [5, 5.41) is 17.8. The van der Waals surface area contributed by atoms with Crippen LogP contribution in [0, 0.1) is 6.92 Å². The maximum absolute atomic E-state index is 10.8. The molecule has 0 aliphatic rings. The van der Waals surface area contributed by atoms with Crippen LogP contribution in [-0.2, 0) is 11.2 Å². The number of benzene rings is 1. The topological polar surface area (TPSA) is 68.0 Å². The molecule has 0 amide bonds. The fraction of sp³-hybridized carbons (Fsp3) is 0.357. The largest absolute Gasteiger partial charge is 0.481 e. The fourth-order valence-corrected chi connectivity index (χ4v) is 3.05. The van der Waals surface area contributed by atoms with Crippen LogP contribution in [0.5, 0.6) is 0 Å². The van der Waals surface area contributed by atoms with Gasteiger partial charge in [-0.15, -0.1) is 10.2 Å². The maximum Gasteiger partial charge on any atom is 0.313 e. The smallest absolute Gasteiger partial charge is 0.313 e. The number of thioether (sulfide) groups is 1. The van der Waals surface area contributed by atoms with Crippen molar-refractivity contribution in [1.82, 2.24) is 14.8 Å². The lowest BCUT2D eigenvalue weighted by molar-refractivity contribution is -0.133. The lowest BCUT2D eigenvalue weighted by atomic mass is 10.2. The van der Waals surface area contributed by atoms with E-state index in [1.807, 2.05) is 29.7 Å². The number of carboxylic acid groups (broad SMARTS) is 1. The molecule has 5 nitrogen and oxygen atoms in total. The van der Waals surface area contributed by atoms with E-state index in [1.54, 1.807) is 0 Å². The minimum absolute atomic E-state index is 0.0340. The molecule has 1 N–H and O–H groups in total. The van der Waals surface area contributed by atoms with Gasteiger partial charge in [-0.3, -0.25) is 9.36 Å². The molecule has 7 heteroatoms. The number of rotatable bonds is 6. The van der Waals surface area contributed by atoms with E-state index in [1.165, 1.54) is 11.8 Å². The highest BCUT2D eigenvalue weighted by molar-refractivity contribution is 9.10. The van der Waals surface area contributed by atoms with Gasteiger partial charge in [0.05, 0.1) is 11.4 Å². The number of aryl methyl sites for hydroxylation is 2. The van der Waals surface area contributed by atoms with Crippen LogP contribution in [0.4, 0.5) is 0 Å². The molecular weight excluding hydrogens is 354 g/mol. The molecule has 0 saturated heterocycles. The molecule has 0 unspecified atom stereocenters. The van der Waals surface area contributed by atoms with Crippen molar-refractivity contribution in [3.8, 4) is 5.69 Å². The second kappa shape index (κ2) is 7.09. The SMILES string of the molecule is CCCc1nnc(SCC(=O)O)n1-c1cc(C)ccc1Br. The van der Waals surface area contributed by atoms with Crippen molar-refractivity contribution in [1.29, 1.82) is 0 Å². The molecule has 0 bridgehead atoms. The molecular formula is C14H16BrN3O2S. The molecule has 2 rings (SSSR count). The summed E-state index contributed by atoms with van der Waals surface area (Å²) in [6.07, 6.45) is 1.74. The summed E-state index contributed by atoms with van der Waals surface area (Å²) in [4.78, 5) is 10.8. The van der Waals surface area contributed by atoms with Gasteiger partial charge in [-0.2, -0.15) is 0 Å². The Kier molecular flexibility index (Phi) is 5.41. The van der Waals surface area contributed by atoms with Gasteiger partial charge in [0, 0.05) is 10.9 Å². The summed E-state index contributed by atoms with van der Waals surface area (Å²) in [5.41, 5.74) is 2.06. The fourth-order valence-electron chi connectivity index (χ4n) is 1.94. The Hall–Kier alpha value is -1.34. The van der Waals surface area contributed by atoms with Crippen LogP contribution in [0.15, 0.2) is 27.8 Å². The van der Waals surface area contributed by atoms with Gasteiger partial charge >= 0.3 is 5.97 Å². The second-order valence-electron chi connectivity index (χ2n) is 4.62. The Morgan fingerprint density at radius 3 is 2.86 bits per heavy atom. The van der Waals surface area contributed by atoms with Gasteiger partial charge in [-0.05, 0) is 47.0 Å². The molecule has 1 aromatic carbocycles. The van der Waals surface area contributed by atoms with Crippen molar-refractivity contribution < 1.29 is 9.90 Å². The van der Waals surface area contributed by atoms with Crippen LogP contribution >= 0.6 is 27.7 Å². The minimum Gasteiger partial charge on any atom is -0.481 e. The lowest BCUT2D eigenvalue weighted by Gasteiger charge is -2.12. The number of hydrogen-bond donors (Lipinski definition) is 1. The van der Waals surface area contributed by atoms with Gasteiger partial charge < -0.3 is 5.11 Å². The Bertz CT molecular complexity index is 658. The van der Waals surface area contributed by atoms with Crippen LogP contribution < -0.4 is 0 Å². The predicted octanol–water partition coefficient (Wildman–Crippen LogP) is 3.47. The van der Waals surface area contributed by atoms with Crippen LogP contribution in [0.1, 0.15) is 24.7 Å². The van der Waals surface area contributed by atoms with E-state index in [4.69, 9.17) is 5.11 Å². The first-order valence-corrected chi connectivity index (χ1v) is 8.36. The normalized spacial score (nSPS) is 10.8. The van der Waals surface area contributed by atoms with E-state index in [0.717, 1.165) is 34.4 Å². The Labute approximate surface area is 135 Å². The van der Waals surface area contributed by atoms with Crippen LogP contribution in [-0.4, -0.2) is 31.6 Å². The highest BCUT2D eigenvalue weighted by Gasteiger charge is 2.17. The number of carboxylic acids is 1. The van der Waals surface area contributed by atoms with E-state index in [-0.39, 0.29) is 5.75 Å². The van der Waals surface area contributed by atoms with Gasteiger partial charge in [0.1, 0.15) is 5.82 Å². The molecule has 1 heterocycles. The zero-order valence-corrected chi connectivity index (χ0v) is 14.2. The first-order valence-electron chi connectivity index (χ1n) is 6.58. The van der Waals surface area contributed by atoms with Gasteiger partial charge in [0.15, 0.2) is 5.16 Å². The van der Waals surface area contributed by atoms with Crippen molar-refractivity contribution in [2.75, 3.05) is 5.75 Å². The molecule has 21 heavy (non-hydrogen) atoms. The number of aromatic nitrogens is 3. The quantitative estimate of drug-likeness (QED) is 0.789. The number of halogens is 1. The molecule has 112 valence electrons. The third kappa shape index (κ3) is 3.85. The maximum atomic E-state index is 10.8. The molecule has 2 aromatic rings. The van der Waals surface area contributed by atoms with Crippen LogP contribution in [0.3, 0.4) is 0 Å². The van der Waals surface area contributed by atoms with Crippen molar-refractivity contribution in [3.05, 3.63) is 34.1 Å². The standard InChI is InChI=1S/C14H16BrN3O2S/c1-3-4-12-16-17-14(21-8-13(19)20)18(12)11-7-9(2)5-6-10(11)15/h5-7H,3-4,8H2,1-2H3,(H,19,20). The summed E-state index contributed by atoms with van der Waals surface area (Å²) in [7, 11) is 0. The number of carbonyl (C=O) groups is 1. The summed E-state index contributed by atoms with van der Waals surface area (Å²) in [6, 6.07) is 6.03. The predicted molar refractivity (Wildman–Crippen MR) is 86.2 cm³/mol. The molecule has 0 spiro atoms. The lowest BCUT2D eigenvalue weighted by Crippen LogP contribution is -2.06. The second-order valence-corrected chi connectivity index (χ2v) is 6.42. The Morgan fingerprint density at radius 1 is 1.43 bits per heavy atom. The summed E-state index contributed by atoms with van der Waals surface area (Å²) < 4.78 is 2.87. The summed E-state index contributed by atoms with van der Waals surface area (Å²) in [6.45, 7) is 4.10. The zero-order valence-electron chi connectivity index (χ0n) is 11.8. The average Bonchev–Trinajstić information content (AvgIpc) is 2.82. The molecule has 1 aromatic heterocycles. The molecule has 0 radical (unpaired) electrons. The van der Waals surface area contributed by atoms with Gasteiger partial charge in [0.2, 0.25) is 0 Å². The molecule has 0 fully saturated rings. The van der Waals surface area contributed by atoms with Gasteiger partial charge in [-0.1, -0.05) is 24.8 Å². The Morgan fingerprint density at radius 2 is 2.19 bits per heavy atom.